The first-order valence-electron chi connectivity index (χ1n) is 6.16. The molecule has 0 spiro atoms. The minimum Gasteiger partial charge on any atom is -0.392 e. The van der Waals surface area contributed by atoms with E-state index in [0.29, 0.717) is 30.9 Å². The van der Waals surface area contributed by atoms with Crippen molar-refractivity contribution in [3.8, 4) is 0 Å². The Balaban J connectivity index is 2.16. The molecule has 1 aromatic rings. The lowest BCUT2D eigenvalue weighted by Crippen LogP contribution is -2.50. The van der Waals surface area contributed by atoms with Crippen molar-refractivity contribution in [3.63, 3.8) is 0 Å². The number of nitrogens with zero attached hydrogens (tertiary/aromatic N) is 3. The molecular weight excluding hydrogens is 316 g/mol. The molecular formula is C11H18N4O2S3. The summed E-state index contributed by atoms with van der Waals surface area (Å²) in [6, 6.07) is 0. The molecule has 1 aromatic heterocycles. The van der Waals surface area contributed by atoms with Gasteiger partial charge in [0.05, 0.1) is 15.9 Å². The van der Waals surface area contributed by atoms with Crippen LogP contribution in [0.1, 0.15) is 12.8 Å². The van der Waals surface area contributed by atoms with Crippen molar-refractivity contribution in [3.05, 3.63) is 12.4 Å². The first-order chi connectivity index (χ1) is 9.32. The van der Waals surface area contributed by atoms with Crippen LogP contribution >= 0.6 is 24.0 Å². The lowest BCUT2D eigenvalue weighted by Gasteiger charge is -2.39. The van der Waals surface area contributed by atoms with Crippen LogP contribution in [0.3, 0.4) is 0 Å². The van der Waals surface area contributed by atoms with Crippen molar-refractivity contribution in [2.75, 3.05) is 19.3 Å². The number of aromatic nitrogens is 2. The molecule has 0 aliphatic carbocycles. The highest BCUT2D eigenvalue weighted by Crippen LogP contribution is 2.36. The number of thioether (sulfide) groups is 1. The standard InChI is InChI=1S/C11H18N4O2S3/c1-14-8-9(7-13-14)20(16,17)15-5-3-11(19-2,4-6-15)10(12)18/h7-8H,3-6H2,1-2H3,(H2,12,18). The van der Waals surface area contributed by atoms with Crippen LogP contribution in [0.5, 0.6) is 0 Å². The van der Waals surface area contributed by atoms with Crippen LogP contribution in [0.25, 0.3) is 0 Å². The van der Waals surface area contributed by atoms with E-state index >= 15 is 0 Å². The maximum Gasteiger partial charge on any atom is 0.246 e. The second-order valence-electron chi connectivity index (χ2n) is 4.82. The largest absolute Gasteiger partial charge is 0.392 e. The van der Waals surface area contributed by atoms with Crippen LogP contribution < -0.4 is 5.73 Å². The van der Waals surface area contributed by atoms with Crippen molar-refractivity contribution in [1.82, 2.24) is 14.1 Å². The second-order valence-corrected chi connectivity index (χ2v) is 8.38. The number of sulfonamides is 1. The third-order valence-corrected chi connectivity index (χ3v) is 7.47. The highest BCUT2D eigenvalue weighted by atomic mass is 32.2. The summed E-state index contributed by atoms with van der Waals surface area (Å²) in [7, 11) is -1.77. The van der Waals surface area contributed by atoms with Crippen molar-refractivity contribution in [2.45, 2.75) is 22.5 Å². The molecule has 20 heavy (non-hydrogen) atoms. The summed E-state index contributed by atoms with van der Waals surface area (Å²) in [6.45, 7) is 0.852. The molecule has 1 saturated heterocycles. The molecule has 1 aliphatic heterocycles. The predicted molar refractivity (Wildman–Crippen MR) is 84.2 cm³/mol. The molecule has 2 heterocycles. The molecule has 0 radical (unpaired) electrons. The summed E-state index contributed by atoms with van der Waals surface area (Å²) >= 11 is 6.74. The van der Waals surface area contributed by atoms with Gasteiger partial charge in [-0.2, -0.15) is 21.2 Å². The van der Waals surface area contributed by atoms with Crippen LogP contribution in [-0.2, 0) is 17.1 Å². The van der Waals surface area contributed by atoms with Crippen LogP contribution in [0, 0.1) is 0 Å². The minimum absolute atomic E-state index is 0.229. The molecule has 2 N–H and O–H groups in total. The Morgan fingerprint density at radius 2 is 2.10 bits per heavy atom. The zero-order valence-electron chi connectivity index (χ0n) is 11.4. The van der Waals surface area contributed by atoms with E-state index < -0.39 is 10.0 Å². The first kappa shape index (κ1) is 15.7. The number of aryl methyl sites for hydroxylation is 1. The summed E-state index contributed by atoms with van der Waals surface area (Å²) in [5.41, 5.74) is 5.81. The fraction of sp³-hybridized carbons (Fsp3) is 0.636. The van der Waals surface area contributed by atoms with Crippen LogP contribution in [-0.4, -0.2) is 51.6 Å². The summed E-state index contributed by atoms with van der Waals surface area (Å²) in [6.07, 6.45) is 6.13. The fourth-order valence-corrected chi connectivity index (χ4v) is 4.99. The first-order valence-corrected chi connectivity index (χ1v) is 9.23. The topological polar surface area (TPSA) is 81.2 Å². The van der Waals surface area contributed by atoms with Gasteiger partial charge >= 0.3 is 0 Å². The fourth-order valence-electron chi connectivity index (χ4n) is 2.32. The van der Waals surface area contributed by atoms with Crippen LogP contribution in [0.2, 0.25) is 0 Å². The van der Waals surface area contributed by atoms with E-state index in [1.54, 1.807) is 18.8 Å². The van der Waals surface area contributed by atoms with E-state index in [1.807, 2.05) is 6.26 Å². The Kier molecular flexibility index (Phi) is 4.43. The molecule has 1 fully saturated rings. The van der Waals surface area contributed by atoms with E-state index in [0.717, 1.165) is 0 Å². The summed E-state index contributed by atoms with van der Waals surface area (Å²) in [5.74, 6) is 0. The Hall–Kier alpha value is -0.640. The van der Waals surface area contributed by atoms with Gasteiger partial charge in [-0.1, -0.05) is 12.2 Å². The van der Waals surface area contributed by atoms with Crippen LogP contribution in [0.15, 0.2) is 17.3 Å². The number of hydrogen-bond acceptors (Lipinski definition) is 5. The van der Waals surface area contributed by atoms with Crippen molar-refractivity contribution in [1.29, 1.82) is 0 Å². The Bertz CT molecular complexity index is 603. The number of thiocarbonyl (C=S) groups is 1. The van der Waals surface area contributed by atoms with Crippen molar-refractivity contribution in [2.24, 2.45) is 12.8 Å². The number of piperidine rings is 1. The third-order valence-electron chi connectivity index (χ3n) is 3.69. The van der Waals surface area contributed by atoms with E-state index in [-0.39, 0.29) is 9.64 Å². The average molecular weight is 334 g/mol. The zero-order chi connectivity index (χ0) is 15.0. The smallest absolute Gasteiger partial charge is 0.246 e. The Labute approximate surface area is 128 Å². The van der Waals surface area contributed by atoms with Gasteiger partial charge in [-0.15, -0.1) is 0 Å². The molecule has 112 valence electrons. The monoisotopic (exact) mass is 334 g/mol. The quantitative estimate of drug-likeness (QED) is 0.812. The normalized spacial score (nSPS) is 19.9. The molecule has 6 nitrogen and oxygen atoms in total. The van der Waals surface area contributed by atoms with Gasteiger partial charge in [0.25, 0.3) is 0 Å². The van der Waals surface area contributed by atoms with Gasteiger partial charge in [-0.05, 0) is 19.1 Å². The molecule has 0 atom stereocenters. The van der Waals surface area contributed by atoms with E-state index in [1.165, 1.54) is 21.4 Å². The zero-order valence-corrected chi connectivity index (χ0v) is 13.9. The van der Waals surface area contributed by atoms with E-state index in [2.05, 4.69) is 5.10 Å². The van der Waals surface area contributed by atoms with Gasteiger partial charge in [-0.25, -0.2) is 8.42 Å². The van der Waals surface area contributed by atoms with Crippen molar-refractivity contribution >= 4 is 39.0 Å². The molecule has 0 amide bonds. The highest BCUT2D eigenvalue weighted by molar-refractivity contribution is 8.02. The van der Waals surface area contributed by atoms with Gasteiger partial charge < -0.3 is 5.73 Å². The van der Waals surface area contributed by atoms with E-state index in [4.69, 9.17) is 18.0 Å². The molecule has 9 heteroatoms. The van der Waals surface area contributed by atoms with Gasteiger partial charge in [-0.3, -0.25) is 4.68 Å². The lowest BCUT2D eigenvalue weighted by molar-refractivity contribution is 0.333. The summed E-state index contributed by atoms with van der Waals surface area (Å²) < 4.78 is 27.6. The Morgan fingerprint density at radius 1 is 1.50 bits per heavy atom. The average Bonchev–Trinajstić information content (AvgIpc) is 2.86. The van der Waals surface area contributed by atoms with Gasteiger partial charge in [0.2, 0.25) is 10.0 Å². The number of nitrogens with two attached hydrogens (primary N) is 1. The molecule has 2 rings (SSSR count). The van der Waals surface area contributed by atoms with Gasteiger partial charge in [0, 0.05) is 26.3 Å². The van der Waals surface area contributed by atoms with Crippen molar-refractivity contribution < 1.29 is 8.42 Å². The van der Waals surface area contributed by atoms with Crippen LogP contribution in [0.4, 0.5) is 0 Å². The summed E-state index contributed by atoms with van der Waals surface area (Å²) in [4.78, 5) is 0.690. The predicted octanol–water partition coefficient (Wildman–Crippen LogP) is 0.592. The third kappa shape index (κ3) is 2.72. The van der Waals surface area contributed by atoms with E-state index in [9.17, 15) is 8.42 Å². The molecule has 0 aromatic carbocycles. The van der Waals surface area contributed by atoms with Gasteiger partial charge in [0.15, 0.2) is 0 Å². The second kappa shape index (κ2) is 5.63. The minimum atomic E-state index is -3.47. The number of rotatable bonds is 4. The van der Waals surface area contributed by atoms with Gasteiger partial charge in [0.1, 0.15) is 4.90 Å². The number of hydrogen-bond donors (Lipinski definition) is 1. The SMILES string of the molecule is CSC1(C(N)=S)CCN(S(=O)(=O)c2cnn(C)c2)CC1. The molecule has 0 saturated carbocycles. The highest BCUT2D eigenvalue weighted by Gasteiger charge is 2.40. The maximum absolute atomic E-state index is 12.5. The lowest BCUT2D eigenvalue weighted by atomic mass is 9.97. The molecule has 0 bridgehead atoms. The molecule has 1 aliphatic rings. The summed E-state index contributed by atoms with van der Waals surface area (Å²) in [5, 5.41) is 3.92. The Morgan fingerprint density at radius 3 is 2.50 bits per heavy atom. The maximum atomic E-state index is 12.5. The molecule has 0 unspecified atom stereocenters.